The summed E-state index contributed by atoms with van der Waals surface area (Å²) >= 11 is 0. The maximum atomic E-state index is 12.2. The van der Waals surface area contributed by atoms with Crippen LogP contribution >= 0.6 is 0 Å². The molecule has 0 spiro atoms. The Morgan fingerprint density at radius 2 is 2.08 bits per heavy atom. The van der Waals surface area contributed by atoms with Gasteiger partial charge in [0.15, 0.2) is 0 Å². The van der Waals surface area contributed by atoms with Crippen molar-refractivity contribution in [1.82, 2.24) is 9.62 Å². The lowest BCUT2D eigenvalue weighted by Gasteiger charge is -2.30. The van der Waals surface area contributed by atoms with Crippen molar-refractivity contribution in [2.24, 2.45) is 5.92 Å². The molecule has 1 N–H and O–H groups in total. The first-order chi connectivity index (χ1) is 12.3. The van der Waals surface area contributed by atoms with Crippen molar-refractivity contribution >= 4 is 15.9 Å². The third-order valence-corrected chi connectivity index (χ3v) is 5.97. The number of nitrogens with one attached hydrogen (secondary N) is 1. The highest BCUT2D eigenvalue weighted by molar-refractivity contribution is 7.88. The number of benzene rings is 1. The number of carbonyl (C=O) groups excluding carboxylic acids is 1. The second-order valence-electron chi connectivity index (χ2n) is 6.62. The van der Waals surface area contributed by atoms with Crippen LogP contribution in [0.5, 0.6) is 11.5 Å². The van der Waals surface area contributed by atoms with Crippen molar-refractivity contribution in [3.8, 4) is 11.5 Å². The summed E-state index contributed by atoms with van der Waals surface area (Å²) in [5.74, 6) is 1.56. The molecule has 7 nitrogen and oxygen atoms in total. The van der Waals surface area contributed by atoms with E-state index in [9.17, 15) is 13.2 Å². The van der Waals surface area contributed by atoms with E-state index in [1.807, 2.05) is 12.1 Å². The molecule has 1 aliphatic rings. The van der Waals surface area contributed by atoms with Gasteiger partial charge in [-0.3, -0.25) is 4.79 Å². The number of hydrogen-bond donors (Lipinski definition) is 1. The first-order valence-corrected chi connectivity index (χ1v) is 10.6. The Hall–Kier alpha value is -1.80. The Morgan fingerprint density at radius 3 is 2.73 bits per heavy atom. The van der Waals surface area contributed by atoms with Gasteiger partial charge in [0.2, 0.25) is 15.9 Å². The molecule has 0 aromatic heterocycles. The summed E-state index contributed by atoms with van der Waals surface area (Å²) in [6.07, 6.45) is 4.14. The third kappa shape index (κ3) is 5.88. The minimum atomic E-state index is -3.15. The Bertz CT molecular complexity index is 720. The van der Waals surface area contributed by atoms with Gasteiger partial charge in [-0.15, -0.1) is 0 Å². The quantitative estimate of drug-likeness (QED) is 0.738. The van der Waals surface area contributed by atoms with E-state index in [-0.39, 0.29) is 11.8 Å². The zero-order valence-electron chi connectivity index (χ0n) is 15.7. The summed E-state index contributed by atoms with van der Waals surface area (Å²) in [6, 6.07) is 5.47. The molecule has 2 rings (SSSR count). The van der Waals surface area contributed by atoms with Gasteiger partial charge >= 0.3 is 0 Å². The van der Waals surface area contributed by atoms with Crippen LogP contribution in [0, 0.1) is 5.92 Å². The number of carbonyl (C=O) groups is 1. The molecular formula is C18H28N2O5S. The van der Waals surface area contributed by atoms with Crippen LogP contribution in [-0.4, -0.2) is 52.2 Å². The van der Waals surface area contributed by atoms with Gasteiger partial charge in [-0.2, -0.15) is 0 Å². The van der Waals surface area contributed by atoms with Crippen molar-refractivity contribution in [3.63, 3.8) is 0 Å². The van der Waals surface area contributed by atoms with Crippen molar-refractivity contribution in [1.29, 1.82) is 0 Å². The molecule has 0 aliphatic carbocycles. The van der Waals surface area contributed by atoms with Gasteiger partial charge in [-0.25, -0.2) is 12.7 Å². The van der Waals surface area contributed by atoms with Crippen LogP contribution in [0.25, 0.3) is 0 Å². The van der Waals surface area contributed by atoms with Gasteiger partial charge in [0.1, 0.15) is 11.5 Å². The zero-order valence-corrected chi connectivity index (χ0v) is 16.5. The second-order valence-corrected chi connectivity index (χ2v) is 8.60. The summed E-state index contributed by atoms with van der Waals surface area (Å²) < 4.78 is 35.3. The third-order valence-electron chi connectivity index (χ3n) is 4.70. The van der Waals surface area contributed by atoms with E-state index < -0.39 is 10.0 Å². The molecule has 1 aromatic carbocycles. The number of piperidine rings is 1. The van der Waals surface area contributed by atoms with E-state index in [0.717, 1.165) is 18.4 Å². The molecule has 1 aromatic rings. The number of nitrogens with zero attached hydrogens (tertiary/aromatic N) is 1. The summed E-state index contributed by atoms with van der Waals surface area (Å²) in [7, 11) is 0.0213. The Morgan fingerprint density at radius 1 is 1.31 bits per heavy atom. The van der Waals surface area contributed by atoms with E-state index >= 15 is 0 Å². The molecule has 0 saturated carbocycles. The Balaban J connectivity index is 1.81. The predicted octanol–water partition coefficient (Wildman–Crippen LogP) is 1.77. The first-order valence-electron chi connectivity index (χ1n) is 8.76. The molecule has 1 amide bonds. The average Bonchev–Trinajstić information content (AvgIpc) is 2.64. The number of amides is 1. The Labute approximate surface area is 155 Å². The predicted molar refractivity (Wildman–Crippen MR) is 99.8 cm³/mol. The Kier molecular flexibility index (Phi) is 7.28. The monoisotopic (exact) mass is 384 g/mol. The van der Waals surface area contributed by atoms with Crippen molar-refractivity contribution in [2.45, 2.75) is 32.2 Å². The fourth-order valence-electron chi connectivity index (χ4n) is 3.18. The fourth-order valence-corrected chi connectivity index (χ4v) is 4.12. The normalized spacial score (nSPS) is 18.3. The van der Waals surface area contributed by atoms with Crippen molar-refractivity contribution in [3.05, 3.63) is 23.8 Å². The van der Waals surface area contributed by atoms with Gasteiger partial charge in [-0.05, 0) is 37.3 Å². The van der Waals surface area contributed by atoms with Crippen LogP contribution in [0.2, 0.25) is 0 Å². The molecule has 1 fully saturated rings. The number of sulfonamides is 1. The molecule has 0 bridgehead atoms. The topological polar surface area (TPSA) is 84.9 Å². The maximum Gasteiger partial charge on any atom is 0.220 e. The smallest absolute Gasteiger partial charge is 0.220 e. The number of rotatable bonds is 8. The summed E-state index contributed by atoms with van der Waals surface area (Å²) in [5.41, 5.74) is 0.877. The summed E-state index contributed by atoms with van der Waals surface area (Å²) in [4.78, 5) is 12.2. The summed E-state index contributed by atoms with van der Waals surface area (Å²) in [6.45, 7) is 1.48. The average molecular weight is 384 g/mol. The maximum absolute atomic E-state index is 12.2. The molecular weight excluding hydrogens is 356 g/mol. The van der Waals surface area contributed by atoms with Crippen molar-refractivity contribution < 1.29 is 22.7 Å². The van der Waals surface area contributed by atoms with Crippen LogP contribution in [0.15, 0.2) is 18.2 Å². The molecule has 0 radical (unpaired) electrons. The molecule has 1 saturated heterocycles. The lowest BCUT2D eigenvalue weighted by molar-refractivity contribution is -0.121. The van der Waals surface area contributed by atoms with Crippen LogP contribution < -0.4 is 14.8 Å². The number of ether oxygens (including phenoxy) is 2. The molecule has 0 unspecified atom stereocenters. The molecule has 1 heterocycles. The van der Waals surface area contributed by atoms with Gasteiger partial charge in [0, 0.05) is 37.7 Å². The lowest BCUT2D eigenvalue weighted by atomic mass is 9.94. The van der Waals surface area contributed by atoms with E-state index in [4.69, 9.17) is 9.47 Å². The van der Waals surface area contributed by atoms with E-state index in [1.165, 1.54) is 10.6 Å². The molecule has 146 valence electrons. The van der Waals surface area contributed by atoms with E-state index in [2.05, 4.69) is 5.32 Å². The van der Waals surface area contributed by atoms with Gasteiger partial charge in [-0.1, -0.05) is 0 Å². The van der Waals surface area contributed by atoms with Gasteiger partial charge < -0.3 is 14.8 Å². The number of methoxy groups -OCH3 is 2. The van der Waals surface area contributed by atoms with E-state index in [1.54, 1.807) is 20.3 Å². The standard InChI is InChI=1S/C18H28N2O5S/c1-24-16-8-7-15(17(11-16)25-2)12-19-18(21)9-6-14-5-4-10-20(13-14)26(3,22)23/h7-8,11,14H,4-6,9-10,12-13H2,1-3H3,(H,19,21)/t14-/m1/s1. The minimum absolute atomic E-state index is 0.0423. The molecule has 8 heteroatoms. The van der Waals surface area contributed by atoms with Crippen molar-refractivity contribution in [2.75, 3.05) is 33.6 Å². The minimum Gasteiger partial charge on any atom is -0.497 e. The highest BCUT2D eigenvalue weighted by Gasteiger charge is 2.26. The molecule has 26 heavy (non-hydrogen) atoms. The highest BCUT2D eigenvalue weighted by atomic mass is 32.2. The van der Waals surface area contributed by atoms with Crippen LogP contribution in [-0.2, 0) is 21.4 Å². The molecule has 1 atom stereocenters. The second kappa shape index (κ2) is 9.23. The highest BCUT2D eigenvalue weighted by Crippen LogP contribution is 2.25. The summed E-state index contributed by atoms with van der Waals surface area (Å²) in [5, 5.41) is 2.90. The van der Waals surface area contributed by atoms with Gasteiger partial charge in [0.25, 0.3) is 0 Å². The van der Waals surface area contributed by atoms with E-state index in [0.29, 0.717) is 44.0 Å². The largest absolute Gasteiger partial charge is 0.497 e. The zero-order chi connectivity index (χ0) is 19.2. The first kappa shape index (κ1) is 20.5. The lowest BCUT2D eigenvalue weighted by Crippen LogP contribution is -2.39. The van der Waals surface area contributed by atoms with Gasteiger partial charge in [0.05, 0.1) is 20.5 Å². The van der Waals surface area contributed by atoms with Crippen LogP contribution in [0.4, 0.5) is 0 Å². The molecule has 1 aliphatic heterocycles. The fraction of sp³-hybridized carbons (Fsp3) is 0.611. The van der Waals surface area contributed by atoms with Crippen LogP contribution in [0.3, 0.4) is 0 Å². The SMILES string of the molecule is COc1ccc(CNC(=O)CC[C@H]2CCCN(S(C)(=O)=O)C2)c(OC)c1. The van der Waals surface area contributed by atoms with Crippen LogP contribution in [0.1, 0.15) is 31.2 Å². The number of hydrogen-bond acceptors (Lipinski definition) is 5.